The van der Waals surface area contributed by atoms with E-state index in [4.69, 9.17) is 10.8 Å². The van der Waals surface area contributed by atoms with Crippen LogP contribution in [0.25, 0.3) is 0 Å². The molecule has 0 bridgehead atoms. The lowest BCUT2D eigenvalue weighted by Gasteiger charge is -2.05. The van der Waals surface area contributed by atoms with Gasteiger partial charge >= 0.3 is 0 Å². The highest BCUT2D eigenvalue weighted by Gasteiger charge is 1.98. The standard InChI is InChI=1S/C7H17NOS/c1-2-3-4-10-6-7(9)5-8/h7,9H,2-6,8H2,1H3/t7-/m0/s1. The van der Waals surface area contributed by atoms with Crippen LogP contribution in [0.4, 0.5) is 0 Å². The molecule has 10 heavy (non-hydrogen) atoms. The Morgan fingerprint density at radius 1 is 1.60 bits per heavy atom. The number of aliphatic hydroxyl groups excluding tert-OH is 1. The molecule has 3 heteroatoms. The molecule has 3 N–H and O–H groups in total. The first-order valence-electron chi connectivity index (χ1n) is 3.77. The van der Waals surface area contributed by atoms with Gasteiger partial charge in [0.1, 0.15) is 0 Å². The molecule has 0 aromatic heterocycles. The number of unbranched alkanes of at least 4 members (excludes halogenated alkanes) is 1. The van der Waals surface area contributed by atoms with E-state index in [2.05, 4.69) is 6.92 Å². The van der Waals surface area contributed by atoms with Crippen molar-refractivity contribution in [2.45, 2.75) is 25.9 Å². The molecule has 0 amide bonds. The third kappa shape index (κ3) is 6.39. The summed E-state index contributed by atoms with van der Waals surface area (Å²) >= 11 is 1.78. The van der Waals surface area contributed by atoms with Crippen molar-refractivity contribution in [3.8, 4) is 0 Å². The molecule has 0 fully saturated rings. The maximum atomic E-state index is 9.01. The van der Waals surface area contributed by atoms with Crippen LogP contribution in [0.15, 0.2) is 0 Å². The predicted octanol–water partition coefficient (Wildman–Crippen LogP) is 0.839. The molecular weight excluding hydrogens is 146 g/mol. The highest BCUT2D eigenvalue weighted by atomic mass is 32.2. The fourth-order valence-electron chi connectivity index (χ4n) is 0.534. The molecule has 0 unspecified atom stereocenters. The van der Waals surface area contributed by atoms with Crippen LogP contribution in [-0.2, 0) is 0 Å². The topological polar surface area (TPSA) is 46.2 Å². The fourth-order valence-corrected chi connectivity index (χ4v) is 1.60. The molecule has 0 saturated heterocycles. The van der Waals surface area contributed by atoms with Crippen molar-refractivity contribution in [2.24, 2.45) is 5.73 Å². The van der Waals surface area contributed by atoms with Gasteiger partial charge < -0.3 is 10.8 Å². The van der Waals surface area contributed by atoms with E-state index in [1.165, 1.54) is 12.8 Å². The van der Waals surface area contributed by atoms with Crippen LogP contribution < -0.4 is 5.73 Å². The molecule has 0 saturated carbocycles. The zero-order chi connectivity index (χ0) is 7.82. The molecule has 1 atom stereocenters. The van der Waals surface area contributed by atoms with Gasteiger partial charge in [-0.25, -0.2) is 0 Å². The summed E-state index contributed by atoms with van der Waals surface area (Å²) in [6.07, 6.45) is 2.16. The number of hydrogen-bond acceptors (Lipinski definition) is 3. The SMILES string of the molecule is CCCCSC[C@@H](O)CN. The minimum absolute atomic E-state index is 0.304. The maximum Gasteiger partial charge on any atom is 0.0752 e. The maximum absolute atomic E-state index is 9.01. The Morgan fingerprint density at radius 3 is 2.80 bits per heavy atom. The molecule has 0 aromatic rings. The third-order valence-corrected chi connectivity index (χ3v) is 2.42. The summed E-state index contributed by atoms with van der Waals surface area (Å²) < 4.78 is 0. The molecule has 0 spiro atoms. The van der Waals surface area contributed by atoms with Crippen LogP contribution in [0.2, 0.25) is 0 Å². The quantitative estimate of drug-likeness (QED) is 0.570. The summed E-state index contributed by atoms with van der Waals surface area (Å²) in [5.41, 5.74) is 5.22. The highest BCUT2D eigenvalue weighted by molar-refractivity contribution is 7.99. The summed E-state index contributed by atoms with van der Waals surface area (Å²) in [6.45, 7) is 2.55. The average molecular weight is 163 g/mol. The summed E-state index contributed by atoms with van der Waals surface area (Å²) in [5, 5.41) is 9.01. The molecule has 0 radical (unpaired) electrons. The van der Waals surface area contributed by atoms with Gasteiger partial charge in [0, 0.05) is 12.3 Å². The van der Waals surface area contributed by atoms with Gasteiger partial charge in [-0.05, 0) is 12.2 Å². The van der Waals surface area contributed by atoms with E-state index in [0.29, 0.717) is 6.54 Å². The molecule has 0 aromatic carbocycles. The lowest BCUT2D eigenvalue weighted by Crippen LogP contribution is -2.22. The highest BCUT2D eigenvalue weighted by Crippen LogP contribution is 2.05. The van der Waals surface area contributed by atoms with Crippen LogP contribution in [0.1, 0.15) is 19.8 Å². The van der Waals surface area contributed by atoms with E-state index in [0.717, 1.165) is 11.5 Å². The van der Waals surface area contributed by atoms with Crippen molar-refractivity contribution in [1.29, 1.82) is 0 Å². The van der Waals surface area contributed by atoms with Gasteiger partial charge in [0.2, 0.25) is 0 Å². The van der Waals surface area contributed by atoms with E-state index >= 15 is 0 Å². The van der Waals surface area contributed by atoms with E-state index in [9.17, 15) is 0 Å². The van der Waals surface area contributed by atoms with Gasteiger partial charge in [-0.1, -0.05) is 13.3 Å². The molecule has 0 aliphatic heterocycles. The van der Waals surface area contributed by atoms with Crippen molar-refractivity contribution in [1.82, 2.24) is 0 Å². The lowest BCUT2D eigenvalue weighted by atomic mass is 10.4. The monoisotopic (exact) mass is 163 g/mol. The Kier molecular flexibility index (Phi) is 7.58. The first-order chi connectivity index (χ1) is 4.81. The lowest BCUT2D eigenvalue weighted by molar-refractivity contribution is 0.208. The Morgan fingerprint density at radius 2 is 2.30 bits per heavy atom. The van der Waals surface area contributed by atoms with Gasteiger partial charge in [-0.3, -0.25) is 0 Å². The van der Waals surface area contributed by atoms with Crippen LogP contribution in [0.5, 0.6) is 0 Å². The summed E-state index contributed by atoms with van der Waals surface area (Å²) in [6, 6.07) is 0. The Balaban J connectivity index is 2.89. The van der Waals surface area contributed by atoms with Gasteiger partial charge in [0.25, 0.3) is 0 Å². The predicted molar refractivity (Wildman–Crippen MR) is 47.3 cm³/mol. The second-order valence-electron chi connectivity index (χ2n) is 2.32. The number of rotatable bonds is 6. The van der Waals surface area contributed by atoms with Gasteiger partial charge in [-0.2, -0.15) is 11.8 Å². The second kappa shape index (κ2) is 7.38. The van der Waals surface area contributed by atoms with E-state index in [-0.39, 0.29) is 6.10 Å². The molecule has 0 heterocycles. The third-order valence-electron chi connectivity index (χ3n) is 1.22. The van der Waals surface area contributed by atoms with Crippen molar-refractivity contribution in [2.75, 3.05) is 18.1 Å². The molecule has 0 rings (SSSR count). The van der Waals surface area contributed by atoms with Crippen molar-refractivity contribution < 1.29 is 5.11 Å². The zero-order valence-corrected chi connectivity index (χ0v) is 7.36. The Hall–Kier alpha value is 0.270. The average Bonchev–Trinajstić information content (AvgIpc) is 1.98. The Bertz CT molecular complexity index is 70.6. The van der Waals surface area contributed by atoms with Crippen LogP contribution in [-0.4, -0.2) is 29.3 Å². The minimum atomic E-state index is -0.304. The summed E-state index contributed by atoms with van der Waals surface area (Å²) in [4.78, 5) is 0. The second-order valence-corrected chi connectivity index (χ2v) is 3.47. The van der Waals surface area contributed by atoms with Crippen molar-refractivity contribution >= 4 is 11.8 Å². The van der Waals surface area contributed by atoms with E-state index in [1.54, 1.807) is 11.8 Å². The summed E-state index contributed by atoms with van der Waals surface area (Å²) in [7, 11) is 0. The van der Waals surface area contributed by atoms with Gasteiger partial charge in [0.15, 0.2) is 0 Å². The van der Waals surface area contributed by atoms with Gasteiger partial charge in [-0.15, -0.1) is 0 Å². The largest absolute Gasteiger partial charge is 0.391 e. The van der Waals surface area contributed by atoms with E-state index in [1.807, 2.05) is 0 Å². The van der Waals surface area contributed by atoms with E-state index < -0.39 is 0 Å². The molecule has 0 aliphatic rings. The molecule has 62 valence electrons. The summed E-state index contributed by atoms with van der Waals surface area (Å²) in [5.74, 6) is 1.93. The first kappa shape index (κ1) is 10.3. The normalized spacial score (nSPS) is 13.5. The van der Waals surface area contributed by atoms with Crippen LogP contribution >= 0.6 is 11.8 Å². The number of thioether (sulfide) groups is 1. The number of aliphatic hydroxyl groups is 1. The molecule has 2 nitrogen and oxygen atoms in total. The van der Waals surface area contributed by atoms with Crippen LogP contribution in [0.3, 0.4) is 0 Å². The van der Waals surface area contributed by atoms with Gasteiger partial charge in [0.05, 0.1) is 6.10 Å². The number of nitrogens with two attached hydrogens (primary N) is 1. The first-order valence-corrected chi connectivity index (χ1v) is 4.92. The number of hydrogen-bond donors (Lipinski definition) is 2. The fraction of sp³-hybridized carbons (Fsp3) is 1.00. The molecule has 0 aliphatic carbocycles. The molecular formula is C7H17NOS. The van der Waals surface area contributed by atoms with Crippen LogP contribution in [0, 0.1) is 0 Å². The Labute approximate surface area is 67.2 Å². The zero-order valence-electron chi connectivity index (χ0n) is 6.55. The smallest absolute Gasteiger partial charge is 0.0752 e. The van der Waals surface area contributed by atoms with Crippen molar-refractivity contribution in [3.63, 3.8) is 0 Å². The minimum Gasteiger partial charge on any atom is -0.391 e. The van der Waals surface area contributed by atoms with Crippen molar-refractivity contribution in [3.05, 3.63) is 0 Å².